The van der Waals surface area contributed by atoms with Crippen LogP contribution in [-0.4, -0.2) is 33.1 Å². The Morgan fingerprint density at radius 2 is 1.52 bits per heavy atom. The van der Waals surface area contributed by atoms with E-state index < -0.39 is 5.91 Å². The minimum atomic E-state index is -0.408. The molecule has 0 radical (unpaired) electrons. The number of methoxy groups -OCH3 is 3. The smallest absolute Gasteiger partial charge is 0.255 e. The summed E-state index contributed by atoms with van der Waals surface area (Å²) in [5.41, 5.74) is 6.88. The molecule has 0 aliphatic heterocycles. The molecule has 7 nitrogen and oxygen atoms in total. The van der Waals surface area contributed by atoms with Crippen molar-refractivity contribution in [3.05, 3.63) is 47.5 Å². The predicted octanol–water partition coefficient (Wildman–Crippen LogP) is 1.99. The quantitative estimate of drug-likeness (QED) is 0.800. The Hall–Kier alpha value is -3.22. The van der Waals surface area contributed by atoms with E-state index in [0.717, 1.165) is 5.56 Å². The van der Waals surface area contributed by atoms with Crippen molar-refractivity contribution in [1.29, 1.82) is 0 Å². The van der Waals surface area contributed by atoms with Crippen molar-refractivity contribution in [3.63, 3.8) is 0 Å². The number of ether oxygens (including phenoxy) is 3. The molecule has 0 aromatic heterocycles. The van der Waals surface area contributed by atoms with Crippen LogP contribution in [0.5, 0.6) is 17.2 Å². The molecule has 0 fully saturated rings. The van der Waals surface area contributed by atoms with Gasteiger partial charge in [-0.3, -0.25) is 9.59 Å². The summed E-state index contributed by atoms with van der Waals surface area (Å²) in [5, 5.41) is 2.77. The highest BCUT2D eigenvalue weighted by atomic mass is 16.5. The fourth-order valence-electron chi connectivity index (χ4n) is 2.32. The summed E-state index contributed by atoms with van der Waals surface area (Å²) in [5.74, 6) is 0.459. The molecule has 0 aliphatic rings. The van der Waals surface area contributed by atoms with Crippen molar-refractivity contribution in [2.24, 2.45) is 5.73 Å². The topological polar surface area (TPSA) is 99.9 Å². The maximum absolute atomic E-state index is 12.5. The average molecular weight is 344 g/mol. The van der Waals surface area contributed by atoms with Crippen LogP contribution in [0.1, 0.15) is 15.9 Å². The van der Waals surface area contributed by atoms with Crippen LogP contribution in [0, 0.1) is 0 Å². The van der Waals surface area contributed by atoms with Gasteiger partial charge in [-0.15, -0.1) is 0 Å². The van der Waals surface area contributed by atoms with E-state index in [1.807, 2.05) is 0 Å². The first-order valence-electron chi connectivity index (χ1n) is 7.47. The van der Waals surface area contributed by atoms with Gasteiger partial charge in [0.05, 0.1) is 27.8 Å². The predicted molar refractivity (Wildman–Crippen MR) is 93.4 cm³/mol. The standard InChI is InChI=1S/C18H20N2O5/c1-23-14-9-12(10-15(24-2)17(14)25-3)18(22)20-13-6-4-11(5-7-13)8-16(19)21/h4-7,9-10H,8H2,1-3H3,(H2,19,21)(H,20,22). The molecule has 0 bridgehead atoms. The first-order valence-corrected chi connectivity index (χ1v) is 7.47. The van der Waals surface area contributed by atoms with Crippen LogP contribution in [-0.2, 0) is 11.2 Å². The molecular weight excluding hydrogens is 324 g/mol. The molecule has 132 valence electrons. The second-order valence-electron chi connectivity index (χ2n) is 5.21. The number of amides is 2. The third-order valence-electron chi connectivity index (χ3n) is 3.52. The summed E-state index contributed by atoms with van der Waals surface area (Å²) in [7, 11) is 4.46. The highest BCUT2D eigenvalue weighted by Crippen LogP contribution is 2.38. The minimum absolute atomic E-state index is 0.154. The average Bonchev–Trinajstić information content (AvgIpc) is 2.61. The zero-order valence-corrected chi connectivity index (χ0v) is 14.3. The number of nitrogens with two attached hydrogens (primary N) is 1. The van der Waals surface area contributed by atoms with Crippen molar-refractivity contribution in [3.8, 4) is 17.2 Å². The lowest BCUT2D eigenvalue weighted by Gasteiger charge is -2.14. The zero-order valence-electron chi connectivity index (χ0n) is 14.3. The Morgan fingerprint density at radius 3 is 1.96 bits per heavy atom. The van der Waals surface area contributed by atoms with Crippen LogP contribution in [0.3, 0.4) is 0 Å². The van der Waals surface area contributed by atoms with E-state index in [9.17, 15) is 9.59 Å². The summed E-state index contributed by atoms with van der Waals surface area (Å²) in [4.78, 5) is 23.4. The van der Waals surface area contributed by atoms with Crippen molar-refractivity contribution in [2.75, 3.05) is 26.6 Å². The summed E-state index contributed by atoms with van der Waals surface area (Å²) in [6.07, 6.45) is 0.154. The summed E-state index contributed by atoms with van der Waals surface area (Å²) in [6, 6.07) is 10.0. The molecule has 2 aromatic carbocycles. The molecule has 0 unspecified atom stereocenters. The number of nitrogens with one attached hydrogen (secondary N) is 1. The minimum Gasteiger partial charge on any atom is -0.493 e. The summed E-state index contributed by atoms with van der Waals surface area (Å²) < 4.78 is 15.7. The number of primary amides is 1. The number of carbonyl (C=O) groups excluding carboxylic acids is 2. The highest BCUT2D eigenvalue weighted by Gasteiger charge is 2.17. The van der Waals surface area contributed by atoms with Crippen LogP contribution in [0.2, 0.25) is 0 Å². The molecular formula is C18H20N2O5. The monoisotopic (exact) mass is 344 g/mol. The van der Waals surface area contributed by atoms with Gasteiger partial charge in [0.25, 0.3) is 5.91 Å². The largest absolute Gasteiger partial charge is 0.493 e. The molecule has 0 saturated heterocycles. The fourth-order valence-corrected chi connectivity index (χ4v) is 2.32. The molecule has 0 spiro atoms. The molecule has 2 aromatic rings. The van der Waals surface area contributed by atoms with Gasteiger partial charge < -0.3 is 25.3 Å². The van der Waals surface area contributed by atoms with Crippen molar-refractivity contribution in [1.82, 2.24) is 0 Å². The Labute approximate surface area is 145 Å². The molecule has 0 saturated carbocycles. The first kappa shape index (κ1) is 18.1. The van der Waals surface area contributed by atoms with Crippen molar-refractivity contribution in [2.45, 2.75) is 6.42 Å². The van der Waals surface area contributed by atoms with E-state index in [4.69, 9.17) is 19.9 Å². The van der Waals surface area contributed by atoms with Gasteiger partial charge in [-0.1, -0.05) is 12.1 Å². The van der Waals surface area contributed by atoms with Gasteiger partial charge in [-0.05, 0) is 29.8 Å². The Morgan fingerprint density at radius 1 is 0.960 bits per heavy atom. The third kappa shape index (κ3) is 4.41. The van der Waals surface area contributed by atoms with E-state index in [1.165, 1.54) is 21.3 Å². The van der Waals surface area contributed by atoms with E-state index >= 15 is 0 Å². The number of rotatable bonds is 7. The third-order valence-corrected chi connectivity index (χ3v) is 3.52. The van der Waals surface area contributed by atoms with Crippen LogP contribution in [0.25, 0.3) is 0 Å². The lowest BCUT2D eigenvalue weighted by Crippen LogP contribution is -2.14. The van der Waals surface area contributed by atoms with Gasteiger partial charge in [-0.2, -0.15) is 0 Å². The summed E-state index contributed by atoms with van der Waals surface area (Å²) >= 11 is 0. The summed E-state index contributed by atoms with van der Waals surface area (Å²) in [6.45, 7) is 0. The molecule has 3 N–H and O–H groups in total. The maximum atomic E-state index is 12.5. The van der Waals surface area contributed by atoms with Crippen molar-refractivity contribution < 1.29 is 23.8 Å². The molecule has 0 heterocycles. The van der Waals surface area contributed by atoms with E-state index in [2.05, 4.69) is 5.32 Å². The van der Waals surface area contributed by atoms with Crippen LogP contribution in [0.15, 0.2) is 36.4 Å². The van der Waals surface area contributed by atoms with Crippen LogP contribution < -0.4 is 25.3 Å². The normalized spacial score (nSPS) is 10.0. The van der Waals surface area contributed by atoms with E-state index in [-0.39, 0.29) is 12.3 Å². The number of hydrogen-bond donors (Lipinski definition) is 2. The number of hydrogen-bond acceptors (Lipinski definition) is 5. The highest BCUT2D eigenvalue weighted by molar-refractivity contribution is 6.05. The molecule has 7 heteroatoms. The Bertz CT molecular complexity index is 747. The van der Waals surface area contributed by atoms with Gasteiger partial charge in [0.1, 0.15) is 0 Å². The molecule has 0 atom stereocenters. The SMILES string of the molecule is COc1cc(C(=O)Nc2ccc(CC(N)=O)cc2)cc(OC)c1OC. The van der Waals surface area contributed by atoms with E-state index in [0.29, 0.717) is 28.5 Å². The second-order valence-corrected chi connectivity index (χ2v) is 5.21. The molecule has 2 rings (SSSR count). The lowest BCUT2D eigenvalue weighted by molar-refractivity contribution is -0.117. The Balaban J connectivity index is 2.21. The molecule has 2 amide bonds. The molecule has 25 heavy (non-hydrogen) atoms. The van der Waals surface area contributed by atoms with Crippen LogP contribution in [0.4, 0.5) is 5.69 Å². The van der Waals surface area contributed by atoms with E-state index in [1.54, 1.807) is 36.4 Å². The number of benzene rings is 2. The van der Waals surface area contributed by atoms with Gasteiger partial charge in [0, 0.05) is 11.3 Å². The molecule has 0 aliphatic carbocycles. The first-order chi connectivity index (χ1) is 12.0. The van der Waals surface area contributed by atoms with Gasteiger partial charge >= 0.3 is 0 Å². The van der Waals surface area contributed by atoms with Gasteiger partial charge in [0.15, 0.2) is 11.5 Å². The van der Waals surface area contributed by atoms with Gasteiger partial charge in [0.2, 0.25) is 11.7 Å². The number of carbonyl (C=O) groups is 2. The zero-order chi connectivity index (χ0) is 18.4. The van der Waals surface area contributed by atoms with Crippen molar-refractivity contribution >= 4 is 17.5 Å². The van der Waals surface area contributed by atoms with Gasteiger partial charge in [-0.25, -0.2) is 0 Å². The Kier molecular flexibility index (Phi) is 5.84. The number of anilines is 1. The maximum Gasteiger partial charge on any atom is 0.255 e. The second kappa shape index (κ2) is 8.05. The lowest BCUT2D eigenvalue weighted by atomic mass is 10.1. The van der Waals surface area contributed by atoms with Crippen LogP contribution >= 0.6 is 0 Å². The fraction of sp³-hybridized carbons (Fsp3) is 0.222.